The highest BCUT2D eigenvalue weighted by Crippen LogP contribution is 2.32. The molecule has 0 unspecified atom stereocenters. The molecule has 4 N–H and O–H groups in total. The molecule has 1 aromatic carbocycles. The van der Waals surface area contributed by atoms with Crippen molar-refractivity contribution in [3.8, 4) is 11.5 Å². The maximum atomic E-state index is 13.4. The molecule has 0 fully saturated rings. The summed E-state index contributed by atoms with van der Waals surface area (Å²) in [5.74, 6) is -0.435. The van der Waals surface area contributed by atoms with E-state index in [1.807, 2.05) is 19.9 Å². The molecule has 8 nitrogen and oxygen atoms in total. The summed E-state index contributed by atoms with van der Waals surface area (Å²) in [4.78, 5) is 21.4. The van der Waals surface area contributed by atoms with E-state index in [0.717, 1.165) is 11.8 Å². The Morgan fingerprint density at radius 1 is 1.26 bits per heavy atom. The van der Waals surface area contributed by atoms with Gasteiger partial charge in [-0.05, 0) is 56.7 Å². The smallest absolute Gasteiger partial charge is 0.196 e. The van der Waals surface area contributed by atoms with Gasteiger partial charge in [0, 0.05) is 11.1 Å². The molecule has 0 radical (unpaired) electrons. The number of nitrogens with one attached hydrogen (secondary N) is 1. The van der Waals surface area contributed by atoms with Crippen LogP contribution in [-0.2, 0) is 0 Å². The maximum absolute atomic E-state index is 13.4. The van der Waals surface area contributed by atoms with E-state index in [0.29, 0.717) is 33.5 Å². The zero-order valence-electron chi connectivity index (χ0n) is 18.6. The van der Waals surface area contributed by atoms with Crippen LogP contribution in [0.5, 0.6) is 0 Å². The van der Waals surface area contributed by atoms with Gasteiger partial charge in [-0.1, -0.05) is 22.8 Å². The van der Waals surface area contributed by atoms with Gasteiger partial charge in [0.05, 0.1) is 23.3 Å². The van der Waals surface area contributed by atoms with Crippen LogP contribution in [0.1, 0.15) is 35.3 Å². The number of hydrogen-bond donors (Lipinski definition) is 3. The Labute approximate surface area is 198 Å². The van der Waals surface area contributed by atoms with Crippen LogP contribution in [0.25, 0.3) is 22.4 Å². The Bertz CT molecular complexity index is 1490. The second-order valence-electron chi connectivity index (χ2n) is 7.86. The molecule has 0 bridgehead atoms. The van der Waals surface area contributed by atoms with Gasteiger partial charge in [0.15, 0.2) is 17.0 Å². The monoisotopic (exact) mass is 481 g/mol. The van der Waals surface area contributed by atoms with Gasteiger partial charge in [0.2, 0.25) is 0 Å². The zero-order valence-corrected chi connectivity index (χ0v) is 19.3. The molecule has 0 spiro atoms. The summed E-state index contributed by atoms with van der Waals surface area (Å²) in [7, 11) is 0. The molecule has 1 atom stereocenters. The highest BCUT2D eigenvalue weighted by molar-refractivity contribution is 6.29. The third-order valence-electron chi connectivity index (χ3n) is 5.40. The number of nitrogens with zero attached hydrogens (tertiary/aromatic N) is 3. The number of pyridine rings is 2. The Balaban J connectivity index is 1.88. The number of anilines is 1. The first-order valence-corrected chi connectivity index (χ1v) is 10.7. The fourth-order valence-electron chi connectivity index (χ4n) is 3.75. The Morgan fingerprint density at radius 2 is 2.03 bits per heavy atom. The molecule has 3 heterocycles. The van der Waals surface area contributed by atoms with Crippen LogP contribution in [0.4, 0.5) is 10.1 Å². The summed E-state index contributed by atoms with van der Waals surface area (Å²) >= 11 is 5.98. The van der Waals surface area contributed by atoms with E-state index >= 15 is 0 Å². The standard InChI is InChI=1S/C24H21ClFN5O3/c1-11-8-15(13(3)29-17-6-7-19(25)30-20(17)24(27)31-33)23-16(9-11)21(32)12(2)22(34-23)18-5-4-14(26)10-28-18/h4-10,13,29,33H,1-3H3,(H2,27,31)/t13-/m1/s1. The number of halogens is 2. The van der Waals surface area contributed by atoms with Gasteiger partial charge in [-0.15, -0.1) is 0 Å². The molecule has 4 aromatic rings. The highest BCUT2D eigenvalue weighted by atomic mass is 35.5. The lowest BCUT2D eigenvalue weighted by atomic mass is 9.99. The Kier molecular flexibility index (Phi) is 6.21. The summed E-state index contributed by atoms with van der Waals surface area (Å²) < 4.78 is 19.6. The largest absolute Gasteiger partial charge is 0.454 e. The number of oxime groups is 1. The fourth-order valence-corrected chi connectivity index (χ4v) is 3.90. The predicted molar refractivity (Wildman–Crippen MR) is 129 cm³/mol. The van der Waals surface area contributed by atoms with Crippen LogP contribution >= 0.6 is 11.6 Å². The van der Waals surface area contributed by atoms with Crippen LogP contribution in [0.3, 0.4) is 0 Å². The maximum Gasteiger partial charge on any atom is 0.196 e. The molecule has 3 aromatic heterocycles. The molecule has 0 saturated heterocycles. The minimum Gasteiger partial charge on any atom is -0.454 e. The number of nitrogens with two attached hydrogens (primary N) is 1. The number of aryl methyl sites for hydroxylation is 1. The molecule has 0 aliphatic carbocycles. The quantitative estimate of drug-likeness (QED) is 0.121. The van der Waals surface area contributed by atoms with Gasteiger partial charge < -0.3 is 20.7 Å². The predicted octanol–water partition coefficient (Wildman–Crippen LogP) is 4.93. The van der Waals surface area contributed by atoms with Gasteiger partial charge in [-0.2, -0.15) is 0 Å². The van der Waals surface area contributed by atoms with E-state index in [1.165, 1.54) is 12.1 Å². The SMILES string of the molecule is Cc1cc([C@@H](C)Nc2ccc(Cl)nc2/C(N)=N/O)c2oc(-c3ccc(F)cn3)c(C)c(=O)c2c1. The Hall–Kier alpha value is -3.98. The van der Waals surface area contributed by atoms with E-state index in [2.05, 4.69) is 20.4 Å². The van der Waals surface area contributed by atoms with Crippen LogP contribution in [0.15, 0.2) is 57.0 Å². The zero-order chi connectivity index (χ0) is 24.6. The van der Waals surface area contributed by atoms with Crippen LogP contribution < -0.4 is 16.5 Å². The number of aromatic nitrogens is 2. The molecule has 10 heteroatoms. The first kappa shape index (κ1) is 23.2. The molecular weight excluding hydrogens is 461 g/mol. The number of amidine groups is 1. The molecule has 174 valence electrons. The number of fused-ring (bicyclic) bond motifs is 1. The third-order valence-corrected chi connectivity index (χ3v) is 5.61. The van der Waals surface area contributed by atoms with Crippen molar-refractivity contribution in [1.82, 2.24) is 9.97 Å². The van der Waals surface area contributed by atoms with E-state index in [4.69, 9.17) is 27.0 Å². The van der Waals surface area contributed by atoms with E-state index in [-0.39, 0.29) is 27.9 Å². The van der Waals surface area contributed by atoms with Crippen molar-refractivity contribution in [3.05, 3.63) is 86.2 Å². The summed E-state index contributed by atoms with van der Waals surface area (Å²) in [6.07, 6.45) is 1.07. The molecule has 34 heavy (non-hydrogen) atoms. The lowest BCUT2D eigenvalue weighted by Gasteiger charge is -2.20. The number of benzene rings is 1. The van der Waals surface area contributed by atoms with Crippen molar-refractivity contribution in [1.29, 1.82) is 0 Å². The first-order chi connectivity index (χ1) is 16.2. The summed E-state index contributed by atoms with van der Waals surface area (Å²) in [6.45, 7) is 5.40. The fraction of sp³-hybridized carbons (Fsp3) is 0.167. The number of hydrogen-bond acceptors (Lipinski definition) is 7. The number of rotatable bonds is 5. The van der Waals surface area contributed by atoms with Gasteiger partial charge in [0.25, 0.3) is 0 Å². The van der Waals surface area contributed by atoms with Crippen molar-refractivity contribution in [2.24, 2.45) is 10.9 Å². The van der Waals surface area contributed by atoms with Crippen LogP contribution in [0, 0.1) is 19.7 Å². The highest BCUT2D eigenvalue weighted by Gasteiger charge is 2.21. The van der Waals surface area contributed by atoms with E-state index in [1.54, 1.807) is 25.1 Å². The summed E-state index contributed by atoms with van der Waals surface area (Å²) in [5, 5.41) is 16.0. The van der Waals surface area contributed by atoms with Gasteiger partial charge in [0.1, 0.15) is 27.9 Å². The van der Waals surface area contributed by atoms with Crippen LogP contribution in [0.2, 0.25) is 5.15 Å². The van der Waals surface area contributed by atoms with Crippen molar-refractivity contribution < 1.29 is 14.0 Å². The molecule has 0 amide bonds. The molecular formula is C24H21ClFN5O3. The van der Waals surface area contributed by atoms with E-state index in [9.17, 15) is 9.18 Å². The summed E-state index contributed by atoms with van der Waals surface area (Å²) in [6, 6.07) is 9.21. The Morgan fingerprint density at radius 3 is 2.71 bits per heavy atom. The first-order valence-electron chi connectivity index (χ1n) is 10.3. The molecule has 0 saturated carbocycles. The topological polar surface area (TPSA) is 127 Å². The minimum absolute atomic E-state index is 0.173. The van der Waals surface area contributed by atoms with Crippen LogP contribution in [-0.4, -0.2) is 21.0 Å². The lowest BCUT2D eigenvalue weighted by Crippen LogP contribution is -2.19. The van der Waals surface area contributed by atoms with Crippen molar-refractivity contribution in [2.75, 3.05) is 5.32 Å². The van der Waals surface area contributed by atoms with Gasteiger partial charge in [-0.3, -0.25) is 4.79 Å². The minimum atomic E-state index is -0.489. The third kappa shape index (κ3) is 4.29. The lowest BCUT2D eigenvalue weighted by molar-refractivity contribution is 0.318. The molecule has 4 rings (SSSR count). The van der Waals surface area contributed by atoms with Crippen molar-refractivity contribution in [2.45, 2.75) is 26.8 Å². The molecule has 0 aliphatic heterocycles. The van der Waals surface area contributed by atoms with Gasteiger partial charge in [-0.25, -0.2) is 14.4 Å². The van der Waals surface area contributed by atoms with Crippen molar-refractivity contribution in [3.63, 3.8) is 0 Å². The molecule has 0 aliphatic rings. The average Bonchev–Trinajstić information content (AvgIpc) is 2.82. The second-order valence-corrected chi connectivity index (χ2v) is 8.25. The van der Waals surface area contributed by atoms with Crippen molar-refractivity contribution >= 4 is 34.1 Å². The average molecular weight is 482 g/mol. The summed E-state index contributed by atoms with van der Waals surface area (Å²) in [5.41, 5.74) is 8.85. The normalized spacial score (nSPS) is 12.7. The second kappa shape index (κ2) is 9.11. The van der Waals surface area contributed by atoms with Gasteiger partial charge >= 0.3 is 0 Å². The van der Waals surface area contributed by atoms with E-state index < -0.39 is 11.9 Å².